The van der Waals surface area contributed by atoms with Crippen molar-refractivity contribution in [1.82, 2.24) is 0 Å². The van der Waals surface area contributed by atoms with E-state index in [1.54, 1.807) is 0 Å². The van der Waals surface area contributed by atoms with Gasteiger partial charge in [-0.05, 0) is 6.42 Å². The highest BCUT2D eigenvalue weighted by Gasteiger charge is 1.91. The summed E-state index contributed by atoms with van der Waals surface area (Å²) in [5, 5.41) is 16.0. The van der Waals surface area contributed by atoms with E-state index >= 15 is 0 Å². The summed E-state index contributed by atoms with van der Waals surface area (Å²) in [6.45, 7) is -0.0354. The molecule has 0 saturated heterocycles. The summed E-state index contributed by atoms with van der Waals surface area (Å²) in [4.78, 5) is 18.6. The number of aliphatic hydroxyl groups excluding tert-OH is 1. The van der Waals surface area contributed by atoms with Crippen LogP contribution in [0.15, 0.2) is 0 Å². The number of aliphatic carboxylic acids is 1. The van der Waals surface area contributed by atoms with Gasteiger partial charge in [-0.2, -0.15) is 0 Å². The minimum absolute atomic E-state index is 0.0354. The van der Waals surface area contributed by atoms with Gasteiger partial charge in [-0.1, -0.05) is 0 Å². The normalized spacial score (nSPS) is 7.73. The molecule has 0 rings (SSSR count). The predicted octanol–water partition coefficient (Wildman–Crippen LogP) is -1.13. The Balaban J connectivity index is 0. The molecule has 0 bridgehead atoms. The third-order valence-corrected chi connectivity index (χ3v) is 0.549. The summed E-state index contributed by atoms with van der Waals surface area (Å²) in [5.74, 6) is -0.853. The van der Waals surface area contributed by atoms with E-state index in [4.69, 9.17) is 15.0 Å². The van der Waals surface area contributed by atoms with Gasteiger partial charge >= 0.3 is 12.0 Å². The van der Waals surface area contributed by atoms with Crippen LogP contribution in [0.4, 0.5) is 4.79 Å². The largest absolute Gasteiger partial charge is 0.481 e. The van der Waals surface area contributed by atoms with Gasteiger partial charge in [0.15, 0.2) is 0 Å². The molecule has 11 heavy (non-hydrogen) atoms. The van der Waals surface area contributed by atoms with Crippen LogP contribution >= 0.6 is 0 Å². The SMILES string of the molecule is NC(N)=O.O=C(O)CCCO. The molecule has 0 fully saturated rings. The Hall–Kier alpha value is -1.30. The molecule has 0 aliphatic carbocycles. The molecule has 0 saturated carbocycles. The van der Waals surface area contributed by atoms with Crippen LogP contribution in [-0.4, -0.2) is 28.8 Å². The van der Waals surface area contributed by atoms with Crippen molar-refractivity contribution in [1.29, 1.82) is 0 Å². The molecular formula is C5H12N2O4. The Morgan fingerprint density at radius 3 is 1.73 bits per heavy atom. The van der Waals surface area contributed by atoms with E-state index in [1.165, 1.54) is 0 Å². The zero-order valence-corrected chi connectivity index (χ0v) is 5.99. The summed E-state index contributed by atoms with van der Waals surface area (Å²) in [6, 6.07) is -0.833. The summed E-state index contributed by atoms with van der Waals surface area (Å²) < 4.78 is 0. The lowest BCUT2D eigenvalue weighted by Gasteiger charge is -1.85. The molecule has 0 aromatic rings. The average Bonchev–Trinajstić information content (AvgIpc) is 1.82. The zero-order valence-electron chi connectivity index (χ0n) is 5.99. The summed E-state index contributed by atoms with van der Waals surface area (Å²) in [5.41, 5.74) is 8.50. The van der Waals surface area contributed by atoms with E-state index in [0.29, 0.717) is 6.42 Å². The number of hydrogen-bond donors (Lipinski definition) is 4. The third-order valence-electron chi connectivity index (χ3n) is 0.549. The predicted molar refractivity (Wildman–Crippen MR) is 37.7 cm³/mol. The minimum atomic E-state index is -0.853. The van der Waals surface area contributed by atoms with Gasteiger partial charge < -0.3 is 21.7 Å². The second kappa shape index (κ2) is 8.70. The molecule has 66 valence electrons. The van der Waals surface area contributed by atoms with Crippen molar-refractivity contribution in [2.45, 2.75) is 12.8 Å². The fourth-order valence-electron chi connectivity index (χ4n) is 0.230. The monoisotopic (exact) mass is 164 g/mol. The lowest BCUT2D eigenvalue weighted by Crippen LogP contribution is -2.18. The van der Waals surface area contributed by atoms with Gasteiger partial charge in [0.05, 0.1) is 0 Å². The first kappa shape index (κ1) is 12.4. The Morgan fingerprint density at radius 1 is 1.27 bits per heavy atom. The summed E-state index contributed by atoms with van der Waals surface area (Å²) in [6.07, 6.45) is 0.422. The molecule has 0 aliphatic heterocycles. The number of nitrogens with two attached hydrogens (primary N) is 2. The molecule has 0 aromatic heterocycles. The van der Waals surface area contributed by atoms with E-state index in [9.17, 15) is 4.79 Å². The maximum Gasteiger partial charge on any atom is 0.309 e. The maximum atomic E-state index is 9.65. The maximum absolute atomic E-state index is 9.65. The van der Waals surface area contributed by atoms with Gasteiger partial charge in [-0.3, -0.25) is 4.79 Å². The molecule has 0 spiro atoms. The van der Waals surface area contributed by atoms with Crippen molar-refractivity contribution < 1.29 is 19.8 Å². The van der Waals surface area contributed by atoms with Crippen LogP contribution in [0.1, 0.15) is 12.8 Å². The van der Waals surface area contributed by atoms with Crippen LogP contribution < -0.4 is 11.5 Å². The van der Waals surface area contributed by atoms with E-state index in [2.05, 4.69) is 11.5 Å². The Bertz CT molecular complexity index is 122. The first-order chi connectivity index (χ1) is 5.00. The quantitative estimate of drug-likeness (QED) is 0.420. The Kier molecular flexibility index (Phi) is 9.79. The van der Waals surface area contributed by atoms with Gasteiger partial charge in [0.25, 0.3) is 0 Å². The lowest BCUT2D eigenvalue weighted by molar-refractivity contribution is -0.137. The van der Waals surface area contributed by atoms with Crippen LogP contribution in [0.5, 0.6) is 0 Å². The molecule has 6 nitrogen and oxygen atoms in total. The number of rotatable bonds is 3. The Labute approximate surface area is 63.8 Å². The number of primary amides is 2. The standard InChI is InChI=1S/C4H8O3.CH4N2O/c5-3-1-2-4(6)7;2-1(3)4/h5H,1-3H2,(H,6,7);(H4,2,3,4). The van der Waals surface area contributed by atoms with Crippen LogP contribution in [-0.2, 0) is 4.79 Å². The van der Waals surface area contributed by atoms with E-state index in [1.807, 2.05) is 0 Å². The molecule has 2 amide bonds. The molecule has 0 aliphatic rings. The van der Waals surface area contributed by atoms with Crippen LogP contribution in [0, 0.1) is 0 Å². The molecule has 0 radical (unpaired) electrons. The van der Waals surface area contributed by atoms with Crippen molar-refractivity contribution in [3.63, 3.8) is 0 Å². The molecule has 0 aromatic carbocycles. The van der Waals surface area contributed by atoms with Crippen molar-refractivity contribution in [2.24, 2.45) is 11.5 Å². The fourth-order valence-corrected chi connectivity index (χ4v) is 0.230. The van der Waals surface area contributed by atoms with Crippen LogP contribution in [0.2, 0.25) is 0 Å². The number of aliphatic hydroxyl groups is 1. The first-order valence-electron chi connectivity index (χ1n) is 2.88. The third kappa shape index (κ3) is 53.6. The van der Waals surface area contributed by atoms with Crippen LogP contribution in [0.3, 0.4) is 0 Å². The van der Waals surface area contributed by atoms with Crippen molar-refractivity contribution in [3.8, 4) is 0 Å². The average molecular weight is 164 g/mol. The first-order valence-corrected chi connectivity index (χ1v) is 2.88. The molecule has 0 atom stereocenters. The molecule has 6 heteroatoms. The Morgan fingerprint density at radius 2 is 1.64 bits per heavy atom. The number of carboxylic acids is 1. The zero-order chi connectivity index (χ0) is 9.28. The smallest absolute Gasteiger partial charge is 0.309 e. The number of urea groups is 1. The van der Waals surface area contributed by atoms with Gasteiger partial charge in [0.1, 0.15) is 0 Å². The van der Waals surface area contributed by atoms with Crippen LogP contribution in [0.25, 0.3) is 0 Å². The second-order valence-corrected chi connectivity index (χ2v) is 1.62. The molecule has 0 unspecified atom stereocenters. The van der Waals surface area contributed by atoms with Crippen molar-refractivity contribution in [2.75, 3.05) is 6.61 Å². The van der Waals surface area contributed by atoms with Crippen molar-refractivity contribution >= 4 is 12.0 Å². The minimum Gasteiger partial charge on any atom is -0.481 e. The molecule has 0 heterocycles. The van der Waals surface area contributed by atoms with E-state index in [0.717, 1.165) is 0 Å². The summed E-state index contributed by atoms with van der Waals surface area (Å²) >= 11 is 0. The van der Waals surface area contributed by atoms with Gasteiger partial charge in [-0.25, -0.2) is 4.79 Å². The highest BCUT2D eigenvalue weighted by atomic mass is 16.4. The number of hydrogen-bond acceptors (Lipinski definition) is 3. The van der Waals surface area contributed by atoms with E-state index < -0.39 is 12.0 Å². The van der Waals surface area contributed by atoms with E-state index in [-0.39, 0.29) is 13.0 Å². The molecule has 6 N–H and O–H groups in total. The van der Waals surface area contributed by atoms with Crippen molar-refractivity contribution in [3.05, 3.63) is 0 Å². The lowest BCUT2D eigenvalue weighted by atomic mass is 10.3. The second-order valence-electron chi connectivity index (χ2n) is 1.62. The number of carbonyl (C=O) groups is 2. The highest BCUT2D eigenvalue weighted by molar-refractivity contribution is 5.69. The van der Waals surface area contributed by atoms with Gasteiger partial charge in [-0.15, -0.1) is 0 Å². The topological polar surface area (TPSA) is 127 Å². The number of amides is 2. The number of carboxylic acid groups (broad SMARTS) is 1. The molecular weight excluding hydrogens is 152 g/mol. The fraction of sp³-hybridized carbons (Fsp3) is 0.600. The number of carbonyl (C=O) groups excluding carboxylic acids is 1. The van der Waals surface area contributed by atoms with Gasteiger partial charge in [0.2, 0.25) is 0 Å². The summed E-state index contributed by atoms with van der Waals surface area (Å²) in [7, 11) is 0. The highest BCUT2D eigenvalue weighted by Crippen LogP contribution is 1.83. The van der Waals surface area contributed by atoms with Gasteiger partial charge in [0, 0.05) is 13.0 Å².